The summed E-state index contributed by atoms with van der Waals surface area (Å²) in [5, 5.41) is 3.90. The van der Waals surface area contributed by atoms with Crippen molar-refractivity contribution in [2.45, 2.75) is 57.5 Å². The van der Waals surface area contributed by atoms with E-state index >= 15 is 0 Å². The summed E-state index contributed by atoms with van der Waals surface area (Å²) in [6, 6.07) is 1.50. The molecule has 2 aliphatic carbocycles. The predicted molar refractivity (Wildman–Crippen MR) is 89.4 cm³/mol. The summed E-state index contributed by atoms with van der Waals surface area (Å²) < 4.78 is 0. The van der Waals surface area contributed by atoms with Gasteiger partial charge in [0.2, 0.25) is 0 Å². The summed E-state index contributed by atoms with van der Waals surface area (Å²) in [5.41, 5.74) is 0. The molecule has 20 heavy (non-hydrogen) atoms. The van der Waals surface area contributed by atoms with Crippen molar-refractivity contribution in [1.82, 2.24) is 10.2 Å². The summed E-state index contributed by atoms with van der Waals surface area (Å²) in [5.74, 6) is 5.85. The molecule has 0 amide bonds. The molecule has 116 valence electrons. The molecule has 3 aliphatic rings. The molecule has 1 saturated heterocycles. The Morgan fingerprint density at radius 1 is 1.30 bits per heavy atom. The van der Waals surface area contributed by atoms with Crippen LogP contribution in [0, 0.1) is 17.8 Å². The van der Waals surface area contributed by atoms with Crippen molar-refractivity contribution in [2.24, 2.45) is 17.8 Å². The van der Waals surface area contributed by atoms with E-state index in [1.807, 2.05) is 0 Å². The summed E-state index contributed by atoms with van der Waals surface area (Å²) in [6.45, 7) is 4.76. The van der Waals surface area contributed by atoms with Gasteiger partial charge in [0.05, 0.1) is 0 Å². The molecule has 1 aliphatic heterocycles. The highest BCUT2D eigenvalue weighted by Crippen LogP contribution is 2.50. The first-order valence-corrected chi connectivity index (χ1v) is 9.94. The zero-order chi connectivity index (χ0) is 13.9. The van der Waals surface area contributed by atoms with E-state index in [0.29, 0.717) is 0 Å². The Hall–Kier alpha value is 0.270. The third kappa shape index (κ3) is 3.36. The average molecular weight is 297 g/mol. The van der Waals surface area contributed by atoms with E-state index in [9.17, 15) is 0 Å². The van der Waals surface area contributed by atoms with E-state index in [-0.39, 0.29) is 0 Å². The Morgan fingerprint density at radius 3 is 2.85 bits per heavy atom. The van der Waals surface area contributed by atoms with E-state index < -0.39 is 0 Å². The van der Waals surface area contributed by atoms with Crippen LogP contribution in [0.15, 0.2) is 0 Å². The van der Waals surface area contributed by atoms with Crippen molar-refractivity contribution in [1.29, 1.82) is 0 Å². The summed E-state index contributed by atoms with van der Waals surface area (Å²) >= 11 is 2.16. The molecule has 5 atom stereocenters. The highest BCUT2D eigenvalue weighted by atomic mass is 32.2. The average Bonchev–Trinajstić information content (AvgIpc) is 3.06. The van der Waals surface area contributed by atoms with E-state index in [2.05, 4.69) is 35.9 Å². The number of thioether (sulfide) groups is 1. The van der Waals surface area contributed by atoms with E-state index in [1.165, 1.54) is 50.3 Å². The van der Waals surface area contributed by atoms with Crippen molar-refractivity contribution in [3.63, 3.8) is 0 Å². The molecule has 0 radical (unpaired) electrons. The van der Waals surface area contributed by atoms with Crippen molar-refractivity contribution in [3.8, 4) is 0 Å². The van der Waals surface area contributed by atoms with Crippen molar-refractivity contribution in [3.05, 3.63) is 0 Å². The maximum atomic E-state index is 3.90. The molecule has 1 heterocycles. The Morgan fingerprint density at radius 2 is 2.20 bits per heavy atom. The second kappa shape index (κ2) is 7.02. The summed E-state index contributed by atoms with van der Waals surface area (Å²) in [6.07, 6.45) is 8.87. The SMILES string of the molecule is CCCNC(CC1CC2CCC1C2)C1CSCCN1C. The van der Waals surface area contributed by atoms with E-state index in [4.69, 9.17) is 0 Å². The molecule has 2 nitrogen and oxygen atoms in total. The summed E-state index contributed by atoms with van der Waals surface area (Å²) in [7, 11) is 2.34. The standard InChI is InChI=1S/C17H32N2S/c1-3-6-18-16(17-12-20-8-7-19(17)2)11-15-10-13-4-5-14(15)9-13/h13-18H,3-12H2,1-2H3. The third-order valence-electron chi connectivity index (χ3n) is 6.01. The molecule has 3 fully saturated rings. The smallest absolute Gasteiger partial charge is 0.0337 e. The van der Waals surface area contributed by atoms with Crippen molar-refractivity contribution >= 4 is 11.8 Å². The van der Waals surface area contributed by atoms with Crippen LogP contribution < -0.4 is 5.32 Å². The Balaban J connectivity index is 1.59. The van der Waals surface area contributed by atoms with Crippen LogP contribution in [-0.4, -0.2) is 48.6 Å². The minimum atomic E-state index is 0.733. The maximum Gasteiger partial charge on any atom is 0.0337 e. The topological polar surface area (TPSA) is 15.3 Å². The lowest BCUT2D eigenvalue weighted by Gasteiger charge is -2.40. The third-order valence-corrected chi connectivity index (χ3v) is 7.05. The second-order valence-corrected chi connectivity index (χ2v) is 8.50. The van der Waals surface area contributed by atoms with E-state index in [1.54, 1.807) is 12.8 Å². The van der Waals surface area contributed by atoms with Crippen LogP contribution in [0.1, 0.15) is 45.4 Å². The quantitative estimate of drug-likeness (QED) is 0.810. The van der Waals surface area contributed by atoms with Gasteiger partial charge < -0.3 is 10.2 Å². The predicted octanol–water partition coefficient (Wildman–Crippen LogP) is 3.23. The van der Waals surface area contributed by atoms with Gasteiger partial charge in [0.15, 0.2) is 0 Å². The Labute approximate surface area is 129 Å². The molecular weight excluding hydrogens is 264 g/mol. The lowest BCUT2D eigenvalue weighted by Crippen LogP contribution is -2.53. The van der Waals surface area contributed by atoms with Gasteiger partial charge in [-0.15, -0.1) is 0 Å². The van der Waals surface area contributed by atoms with Gasteiger partial charge in [0.1, 0.15) is 0 Å². The highest BCUT2D eigenvalue weighted by molar-refractivity contribution is 7.99. The molecule has 2 bridgehead atoms. The number of rotatable bonds is 6. The van der Waals surface area contributed by atoms with Crippen LogP contribution in [0.5, 0.6) is 0 Å². The molecule has 0 aromatic carbocycles. The van der Waals surface area contributed by atoms with Gasteiger partial charge in [-0.05, 0) is 63.5 Å². The molecule has 0 aromatic rings. The van der Waals surface area contributed by atoms with Gasteiger partial charge in [0.25, 0.3) is 0 Å². The fourth-order valence-corrected chi connectivity index (χ4v) is 6.14. The molecular formula is C17H32N2S. The van der Waals surface area contributed by atoms with E-state index in [0.717, 1.165) is 29.8 Å². The first-order chi connectivity index (χ1) is 9.78. The molecule has 3 rings (SSSR count). The number of likely N-dealkylation sites (N-methyl/N-ethyl adjacent to an activating group) is 1. The molecule has 0 spiro atoms. The molecule has 5 unspecified atom stereocenters. The lowest BCUT2D eigenvalue weighted by atomic mass is 9.82. The minimum absolute atomic E-state index is 0.733. The zero-order valence-electron chi connectivity index (χ0n) is 13.3. The van der Waals surface area contributed by atoms with Gasteiger partial charge in [-0.1, -0.05) is 13.3 Å². The molecule has 2 saturated carbocycles. The van der Waals surface area contributed by atoms with Crippen LogP contribution in [0.2, 0.25) is 0 Å². The van der Waals surface area contributed by atoms with Gasteiger partial charge in [-0.3, -0.25) is 0 Å². The fourth-order valence-electron chi connectivity index (χ4n) is 4.83. The van der Waals surface area contributed by atoms with Gasteiger partial charge in [-0.2, -0.15) is 11.8 Å². The number of fused-ring (bicyclic) bond motifs is 2. The molecule has 3 heteroatoms. The maximum absolute atomic E-state index is 3.90. The lowest BCUT2D eigenvalue weighted by molar-refractivity contribution is 0.177. The number of hydrogen-bond donors (Lipinski definition) is 1. The minimum Gasteiger partial charge on any atom is -0.312 e. The number of nitrogens with zero attached hydrogens (tertiary/aromatic N) is 1. The van der Waals surface area contributed by atoms with Gasteiger partial charge in [0, 0.05) is 30.1 Å². The zero-order valence-corrected chi connectivity index (χ0v) is 14.1. The molecule has 1 N–H and O–H groups in total. The van der Waals surface area contributed by atoms with Crippen molar-refractivity contribution < 1.29 is 0 Å². The fraction of sp³-hybridized carbons (Fsp3) is 1.00. The first-order valence-electron chi connectivity index (χ1n) is 8.79. The highest BCUT2D eigenvalue weighted by Gasteiger charge is 2.41. The Kier molecular flexibility index (Phi) is 5.33. The first kappa shape index (κ1) is 15.2. The van der Waals surface area contributed by atoms with Crippen LogP contribution in [0.3, 0.4) is 0 Å². The normalized spacial score (nSPS) is 39.3. The van der Waals surface area contributed by atoms with Crippen LogP contribution in [0.25, 0.3) is 0 Å². The second-order valence-electron chi connectivity index (χ2n) is 7.35. The number of hydrogen-bond acceptors (Lipinski definition) is 3. The van der Waals surface area contributed by atoms with Crippen LogP contribution >= 0.6 is 11.8 Å². The summed E-state index contributed by atoms with van der Waals surface area (Å²) in [4.78, 5) is 2.62. The molecule has 0 aromatic heterocycles. The Bertz CT molecular complexity index is 309. The monoisotopic (exact) mass is 296 g/mol. The van der Waals surface area contributed by atoms with Crippen LogP contribution in [0.4, 0.5) is 0 Å². The van der Waals surface area contributed by atoms with Crippen LogP contribution in [-0.2, 0) is 0 Å². The largest absolute Gasteiger partial charge is 0.312 e. The van der Waals surface area contributed by atoms with Crippen molar-refractivity contribution in [2.75, 3.05) is 31.6 Å². The van der Waals surface area contributed by atoms with Gasteiger partial charge in [-0.25, -0.2) is 0 Å². The number of nitrogens with one attached hydrogen (secondary N) is 1. The van der Waals surface area contributed by atoms with Gasteiger partial charge >= 0.3 is 0 Å².